The fraction of sp³-hybridized carbons (Fsp3) is 0.167. The van der Waals surface area contributed by atoms with Gasteiger partial charge in [0.15, 0.2) is 0 Å². The Balaban J connectivity index is 1.86. The highest BCUT2D eigenvalue weighted by Gasteiger charge is 2.21. The topological polar surface area (TPSA) is 91.2 Å². The number of aromatic amines is 1. The fourth-order valence-electron chi connectivity index (χ4n) is 2.49. The molecule has 2 aromatic carbocycles. The Kier molecular flexibility index (Phi) is 5.06. The highest BCUT2D eigenvalue weighted by Crippen LogP contribution is 2.08. The minimum absolute atomic E-state index is 0.0572. The van der Waals surface area contributed by atoms with Crippen LogP contribution in [0.4, 0.5) is 0 Å². The van der Waals surface area contributed by atoms with Crippen LogP contribution in [0.2, 0.25) is 0 Å². The van der Waals surface area contributed by atoms with Crippen molar-refractivity contribution >= 4 is 5.91 Å². The summed E-state index contributed by atoms with van der Waals surface area (Å²) >= 11 is 0. The van der Waals surface area contributed by atoms with Gasteiger partial charge in [0.2, 0.25) is 5.82 Å². The normalized spacial score (nSPS) is 10.6. The lowest BCUT2D eigenvalue weighted by Gasteiger charge is -2.20. The number of H-pyrrole nitrogens is 1. The molecule has 0 radical (unpaired) electrons. The van der Waals surface area contributed by atoms with Crippen LogP contribution in [0.25, 0.3) is 5.69 Å². The molecule has 2 N–H and O–H groups in total. The number of rotatable bonds is 6. The van der Waals surface area contributed by atoms with Crippen LogP contribution in [0.15, 0.2) is 65.5 Å². The average Bonchev–Trinajstić information content (AvgIpc) is 3.04. The number of para-hydroxylation sites is 1. The Labute approximate surface area is 144 Å². The molecule has 1 amide bonds. The fourth-order valence-corrected chi connectivity index (χ4v) is 2.49. The lowest BCUT2D eigenvalue weighted by atomic mass is 10.2. The molecule has 0 aliphatic rings. The van der Waals surface area contributed by atoms with E-state index < -0.39 is 11.6 Å². The molecule has 0 aliphatic heterocycles. The largest absolute Gasteiger partial charge is 0.395 e. The molecule has 0 atom stereocenters. The molecular weight excluding hydrogens is 320 g/mol. The van der Waals surface area contributed by atoms with E-state index in [1.165, 1.54) is 4.90 Å². The monoisotopic (exact) mass is 338 g/mol. The highest BCUT2D eigenvalue weighted by atomic mass is 16.3. The number of amides is 1. The molecule has 0 spiro atoms. The van der Waals surface area contributed by atoms with Gasteiger partial charge in [-0.3, -0.25) is 9.78 Å². The first-order valence-corrected chi connectivity index (χ1v) is 7.88. The molecule has 3 rings (SSSR count). The molecule has 128 valence electrons. The van der Waals surface area contributed by atoms with E-state index in [-0.39, 0.29) is 19.0 Å². The molecule has 0 saturated heterocycles. The highest BCUT2D eigenvalue weighted by molar-refractivity contribution is 5.90. The van der Waals surface area contributed by atoms with Crippen molar-refractivity contribution in [2.24, 2.45) is 0 Å². The van der Waals surface area contributed by atoms with Gasteiger partial charge in [0.05, 0.1) is 12.3 Å². The Hall–Kier alpha value is -3.19. The van der Waals surface area contributed by atoms with Crippen molar-refractivity contribution in [3.8, 4) is 5.69 Å². The van der Waals surface area contributed by atoms with Crippen molar-refractivity contribution < 1.29 is 9.90 Å². The lowest BCUT2D eigenvalue weighted by molar-refractivity contribution is 0.0695. The number of hydrogen-bond acceptors (Lipinski definition) is 4. The molecule has 1 aromatic heterocycles. The Morgan fingerprint density at radius 3 is 2.36 bits per heavy atom. The third-order valence-electron chi connectivity index (χ3n) is 3.69. The van der Waals surface area contributed by atoms with Crippen molar-refractivity contribution in [3.63, 3.8) is 0 Å². The van der Waals surface area contributed by atoms with Crippen LogP contribution in [-0.2, 0) is 6.54 Å². The van der Waals surface area contributed by atoms with E-state index in [4.69, 9.17) is 0 Å². The number of nitrogens with one attached hydrogen (secondary N) is 1. The van der Waals surface area contributed by atoms with Gasteiger partial charge in [-0.25, -0.2) is 4.79 Å². The average molecular weight is 338 g/mol. The number of aliphatic hydroxyl groups is 1. The predicted octanol–water partition coefficient (Wildman–Crippen LogP) is 1.20. The number of carbonyl (C=O) groups excluding carboxylic acids is 1. The first-order chi connectivity index (χ1) is 12.2. The number of nitrogens with zero attached hydrogens (tertiary/aromatic N) is 3. The summed E-state index contributed by atoms with van der Waals surface area (Å²) in [6.07, 6.45) is 0. The van der Waals surface area contributed by atoms with Gasteiger partial charge >= 0.3 is 5.69 Å². The van der Waals surface area contributed by atoms with Crippen LogP contribution in [0.5, 0.6) is 0 Å². The second kappa shape index (κ2) is 7.59. The van der Waals surface area contributed by atoms with Crippen molar-refractivity contribution in [1.82, 2.24) is 19.7 Å². The molecule has 3 aromatic rings. The summed E-state index contributed by atoms with van der Waals surface area (Å²) in [5, 5.41) is 13.4. The van der Waals surface area contributed by atoms with Crippen LogP contribution in [0.3, 0.4) is 0 Å². The summed E-state index contributed by atoms with van der Waals surface area (Å²) in [4.78, 5) is 28.8. The minimum atomic E-state index is -0.488. The molecule has 0 bridgehead atoms. The quantitative estimate of drug-likeness (QED) is 0.706. The van der Waals surface area contributed by atoms with E-state index in [1.807, 2.05) is 36.4 Å². The number of aromatic nitrogens is 3. The first kappa shape index (κ1) is 16.7. The smallest absolute Gasteiger partial charge is 0.348 e. The zero-order valence-corrected chi connectivity index (χ0v) is 13.5. The zero-order chi connectivity index (χ0) is 17.6. The predicted molar refractivity (Wildman–Crippen MR) is 92.5 cm³/mol. The summed E-state index contributed by atoms with van der Waals surface area (Å²) in [6, 6.07) is 18.3. The van der Waals surface area contributed by atoms with Gasteiger partial charge in [0, 0.05) is 13.1 Å². The van der Waals surface area contributed by atoms with Crippen LogP contribution in [0, 0.1) is 0 Å². The molecule has 0 saturated carbocycles. The van der Waals surface area contributed by atoms with E-state index in [9.17, 15) is 14.7 Å². The van der Waals surface area contributed by atoms with Gasteiger partial charge in [-0.1, -0.05) is 48.5 Å². The molecular formula is C18H18N4O3. The third-order valence-corrected chi connectivity index (χ3v) is 3.69. The molecule has 0 unspecified atom stereocenters. The first-order valence-electron chi connectivity index (χ1n) is 7.88. The second-order valence-electron chi connectivity index (χ2n) is 5.46. The summed E-state index contributed by atoms with van der Waals surface area (Å²) in [6.45, 7) is 0.288. The SMILES string of the molecule is O=C(c1nn(-c2ccccc2)c(=O)[nH]1)N(CCO)Cc1ccccc1. The number of hydrogen-bond donors (Lipinski definition) is 2. The van der Waals surface area contributed by atoms with Gasteiger partial charge < -0.3 is 10.0 Å². The van der Waals surface area contributed by atoms with Crippen LogP contribution < -0.4 is 5.69 Å². The molecule has 25 heavy (non-hydrogen) atoms. The van der Waals surface area contributed by atoms with Crippen molar-refractivity contribution in [1.29, 1.82) is 0 Å². The zero-order valence-electron chi connectivity index (χ0n) is 13.5. The van der Waals surface area contributed by atoms with Crippen LogP contribution >= 0.6 is 0 Å². The van der Waals surface area contributed by atoms with Crippen molar-refractivity contribution in [2.75, 3.05) is 13.2 Å². The molecule has 7 nitrogen and oxygen atoms in total. The Bertz CT molecular complexity index is 887. The van der Waals surface area contributed by atoms with Crippen LogP contribution in [0.1, 0.15) is 16.2 Å². The molecule has 1 heterocycles. The van der Waals surface area contributed by atoms with Gasteiger partial charge in [-0.05, 0) is 17.7 Å². The minimum Gasteiger partial charge on any atom is -0.395 e. The summed E-state index contributed by atoms with van der Waals surface area (Å²) in [7, 11) is 0. The summed E-state index contributed by atoms with van der Waals surface area (Å²) in [5.41, 5.74) is 1.01. The van der Waals surface area contributed by atoms with E-state index in [1.54, 1.807) is 24.3 Å². The van der Waals surface area contributed by atoms with Gasteiger partial charge in [0.25, 0.3) is 5.91 Å². The summed E-state index contributed by atoms with van der Waals surface area (Å²) < 4.78 is 1.15. The van der Waals surface area contributed by atoms with Crippen LogP contribution in [-0.4, -0.2) is 43.8 Å². The standard InChI is InChI=1S/C18H18N4O3/c23-12-11-21(13-14-7-3-1-4-8-14)17(24)16-19-18(25)22(20-16)15-9-5-2-6-10-15/h1-10,23H,11-13H2,(H,19,20,25). The molecule has 0 fully saturated rings. The maximum absolute atomic E-state index is 12.7. The van der Waals surface area contributed by atoms with E-state index in [2.05, 4.69) is 10.1 Å². The van der Waals surface area contributed by atoms with Crippen molar-refractivity contribution in [2.45, 2.75) is 6.54 Å². The summed E-state index contributed by atoms with van der Waals surface area (Å²) in [5.74, 6) is -0.497. The number of aliphatic hydroxyl groups excluding tert-OH is 1. The van der Waals surface area contributed by atoms with Gasteiger partial charge in [-0.2, -0.15) is 4.68 Å². The van der Waals surface area contributed by atoms with Crippen molar-refractivity contribution in [3.05, 3.63) is 82.5 Å². The Morgan fingerprint density at radius 2 is 1.72 bits per heavy atom. The number of benzene rings is 2. The van der Waals surface area contributed by atoms with E-state index >= 15 is 0 Å². The number of carbonyl (C=O) groups is 1. The molecule has 7 heteroatoms. The molecule has 0 aliphatic carbocycles. The maximum Gasteiger partial charge on any atom is 0.348 e. The van der Waals surface area contributed by atoms with Gasteiger partial charge in [0.1, 0.15) is 0 Å². The lowest BCUT2D eigenvalue weighted by Crippen LogP contribution is -2.34. The van der Waals surface area contributed by atoms with E-state index in [0.29, 0.717) is 12.2 Å². The third kappa shape index (κ3) is 3.84. The van der Waals surface area contributed by atoms with E-state index in [0.717, 1.165) is 10.2 Å². The maximum atomic E-state index is 12.7. The second-order valence-corrected chi connectivity index (χ2v) is 5.46. The van der Waals surface area contributed by atoms with Gasteiger partial charge in [-0.15, -0.1) is 5.10 Å². The Morgan fingerprint density at radius 1 is 1.08 bits per heavy atom.